The minimum absolute atomic E-state index is 0.0916. The highest BCUT2D eigenvalue weighted by Crippen LogP contribution is 2.11. The van der Waals surface area contributed by atoms with Crippen molar-refractivity contribution < 1.29 is 9.18 Å². The summed E-state index contributed by atoms with van der Waals surface area (Å²) in [5.41, 5.74) is 3.89. The van der Waals surface area contributed by atoms with Crippen molar-refractivity contribution in [2.45, 2.75) is 0 Å². The highest BCUT2D eigenvalue weighted by atomic mass is 19.1. The van der Waals surface area contributed by atoms with Crippen molar-refractivity contribution in [1.82, 2.24) is 5.43 Å². The molecule has 0 heterocycles. The molecule has 0 aliphatic heterocycles. The Kier molecular flexibility index (Phi) is 5.21. The molecule has 22 heavy (non-hydrogen) atoms. The molecular weight excluding hydrogens is 283 g/mol. The van der Waals surface area contributed by atoms with E-state index in [9.17, 15) is 9.18 Å². The van der Waals surface area contributed by atoms with Gasteiger partial charge in [0.2, 0.25) is 0 Å². The van der Waals surface area contributed by atoms with Crippen LogP contribution in [0.25, 0.3) is 0 Å². The van der Waals surface area contributed by atoms with Gasteiger partial charge >= 0.3 is 0 Å². The van der Waals surface area contributed by atoms with Crippen LogP contribution in [0.15, 0.2) is 53.6 Å². The molecule has 0 saturated heterocycles. The van der Waals surface area contributed by atoms with Crippen LogP contribution in [0.3, 0.4) is 0 Å². The molecule has 2 aromatic rings. The average Bonchev–Trinajstić information content (AvgIpc) is 2.55. The summed E-state index contributed by atoms with van der Waals surface area (Å²) in [6, 6.07) is 14.8. The first-order valence-electron chi connectivity index (χ1n) is 6.49. The summed E-state index contributed by atoms with van der Waals surface area (Å²) < 4.78 is 13.3. The van der Waals surface area contributed by atoms with Gasteiger partial charge in [0.1, 0.15) is 5.82 Å². The fourth-order valence-corrected chi connectivity index (χ4v) is 1.64. The van der Waals surface area contributed by atoms with E-state index in [4.69, 9.17) is 5.26 Å². The first-order chi connectivity index (χ1) is 10.7. The summed E-state index contributed by atoms with van der Waals surface area (Å²) >= 11 is 0. The highest BCUT2D eigenvalue weighted by molar-refractivity contribution is 5.84. The van der Waals surface area contributed by atoms with Gasteiger partial charge in [-0.15, -0.1) is 0 Å². The fourth-order valence-electron chi connectivity index (χ4n) is 1.64. The highest BCUT2D eigenvalue weighted by Gasteiger charge is 2.02. The number of hydrazone groups is 1. The second-order valence-electron chi connectivity index (χ2n) is 4.36. The lowest BCUT2D eigenvalue weighted by atomic mass is 10.2. The molecule has 1 amide bonds. The van der Waals surface area contributed by atoms with E-state index >= 15 is 0 Å². The zero-order valence-corrected chi connectivity index (χ0v) is 11.6. The maximum absolute atomic E-state index is 13.3. The maximum Gasteiger partial charge on any atom is 0.259 e. The van der Waals surface area contributed by atoms with Crippen LogP contribution in [-0.2, 0) is 4.79 Å². The Morgan fingerprint density at radius 2 is 1.95 bits per heavy atom. The Balaban J connectivity index is 1.81. The molecule has 0 unspecified atom stereocenters. The first kappa shape index (κ1) is 15.2. The van der Waals surface area contributed by atoms with E-state index in [0.717, 1.165) is 5.56 Å². The third kappa shape index (κ3) is 4.42. The number of halogens is 1. The van der Waals surface area contributed by atoms with E-state index in [1.165, 1.54) is 12.3 Å². The normalized spacial score (nSPS) is 10.2. The third-order valence-corrected chi connectivity index (χ3v) is 2.76. The fraction of sp³-hybridized carbons (Fsp3) is 0.0625. The number of nitriles is 1. The van der Waals surface area contributed by atoms with Crippen molar-refractivity contribution >= 4 is 17.8 Å². The number of hydrogen-bond acceptors (Lipinski definition) is 4. The zero-order valence-electron chi connectivity index (χ0n) is 11.6. The van der Waals surface area contributed by atoms with Crippen molar-refractivity contribution in [1.29, 1.82) is 5.26 Å². The molecule has 0 spiro atoms. The van der Waals surface area contributed by atoms with Crippen LogP contribution in [0.5, 0.6) is 0 Å². The molecular formula is C16H13FN4O. The third-order valence-electron chi connectivity index (χ3n) is 2.76. The Morgan fingerprint density at radius 3 is 2.64 bits per heavy atom. The monoisotopic (exact) mass is 296 g/mol. The number of para-hydroxylation sites is 1. The number of nitrogens with one attached hydrogen (secondary N) is 2. The van der Waals surface area contributed by atoms with Gasteiger partial charge in [0.05, 0.1) is 30.1 Å². The van der Waals surface area contributed by atoms with E-state index in [1.807, 2.05) is 6.07 Å². The average molecular weight is 296 g/mol. The Hall–Kier alpha value is -3.20. The summed E-state index contributed by atoms with van der Waals surface area (Å²) in [4.78, 5) is 11.6. The lowest BCUT2D eigenvalue weighted by molar-refractivity contribution is -0.119. The smallest absolute Gasteiger partial charge is 0.259 e. The van der Waals surface area contributed by atoms with Gasteiger partial charge in [0, 0.05) is 0 Å². The molecule has 0 aliphatic carbocycles. The quantitative estimate of drug-likeness (QED) is 0.656. The van der Waals surface area contributed by atoms with Gasteiger partial charge in [-0.3, -0.25) is 4.79 Å². The summed E-state index contributed by atoms with van der Waals surface area (Å²) in [6.45, 7) is -0.0916. The van der Waals surface area contributed by atoms with Gasteiger partial charge in [-0.05, 0) is 29.8 Å². The van der Waals surface area contributed by atoms with E-state index in [-0.39, 0.29) is 12.2 Å². The number of benzene rings is 2. The van der Waals surface area contributed by atoms with Crippen molar-refractivity contribution in [3.8, 4) is 6.07 Å². The van der Waals surface area contributed by atoms with Gasteiger partial charge in [-0.2, -0.15) is 10.4 Å². The van der Waals surface area contributed by atoms with Crippen LogP contribution in [0, 0.1) is 17.1 Å². The van der Waals surface area contributed by atoms with E-state index < -0.39 is 11.7 Å². The molecule has 0 bridgehead atoms. The summed E-state index contributed by atoms with van der Waals surface area (Å²) in [7, 11) is 0. The summed E-state index contributed by atoms with van der Waals surface area (Å²) in [5, 5.41) is 15.1. The molecule has 2 rings (SSSR count). The van der Waals surface area contributed by atoms with E-state index in [1.54, 1.807) is 42.5 Å². The molecule has 6 heteroatoms. The predicted molar refractivity (Wildman–Crippen MR) is 81.8 cm³/mol. The standard InChI is InChI=1S/C16H13FN4O/c17-14-3-1-2-4-15(14)19-11-16(22)21-20-10-13-7-5-12(9-18)6-8-13/h1-8,10,19H,11H2,(H,21,22)/b20-10+. The van der Waals surface area contributed by atoms with Gasteiger partial charge in [0.25, 0.3) is 5.91 Å². The molecule has 110 valence electrons. The predicted octanol–water partition coefficient (Wildman–Crippen LogP) is 2.26. The van der Waals surface area contributed by atoms with Gasteiger partial charge in [-0.1, -0.05) is 24.3 Å². The number of amides is 1. The second-order valence-corrected chi connectivity index (χ2v) is 4.36. The van der Waals surface area contributed by atoms with Gasteiger partial charge in [-0.25, -0.2) is 9.82 Å². The maximum atomic E-state index is 13.3. The Bertz CT molecular complexity index is 720. The lowest BCUT2D eigenvalue weighted by Crippen LogP contribution is -2.26. The Labute approximate surface area is 127 Å². The summed E-state index contributed by atoms with van der Waals surface area (Å²) in [5.74, 6) is -0.815. The molecule has 0 radical (unpaired) electrons. The number of anilines is 1. The van der Waals surface area contributed by atoms with Crippen LogP contribution >= 0.6 is 0 Å². The minimum Gasteiger partial charge on any atom is -0.374 e. The largest absolute Gasteiger partial charge is 0.374 e. The minimum atomic E-state index is -0.420. The van der Waals surface area contributed by atoms with E-state index in [2.05, 4.69) is 15.8 Å². The van der Waals surface area contributed by atoms with Crippen LogP contribution in [0.1, 0.15) is 11.1 Å². The van der Waals surface area contributed by atoms with Crippen molar-refractivity contribution in [2.75, 3.05) is 11.9 Å². The van der Waals surface area contributed by atoms with Crippen molar-refractivity contribution in [2.24, 2.45) is 5.10 Å². The number of rotatable bonds is 5. The lowest BCUT2D eigenvalue weighted by Gasteiger charge is -2.05. The molecule has 0 fully saturated rings. The van der Waals surface area contributed by atoms with Gasteiger partial charge < -0.3 is 5.32 Å². The van der Waals surface area contributed by atoms with Crippen LogP contribution in [0.2, 0.25) is 0 Å². The van der Waals surface area contributed by atoms with Crippen LogP contribution in [-0.4, -0.2) is 18.7 Å². The zero-order chi connectivity index (χ0) is 15.8. The van der Waals surface area contributed by atoms with Crippen molar-refractivity contribution in [3.05, 3.63) is 65.5 Å². The second kappa shape index (κ2) is 7.55. The van der Waals surface area contributed by atoms with Crippen molar-refractivity contribution in [3.63, 3.8) is 0 Å². The number of carbonyl (C=O) groups is 1. The van der Waals surface area contributed by atoms with Crippen LogP contribution in [0.4, 0.5) is 10.1 Å². The van der Waals surface area contributed by atoms with Crippen LogP contribution < -0.4 is 10.7 Å². The first-order valence-corrected chi connectivity index (χ1v) is 6.49. The van der Waals surface area contributed by atoms with Gasteiger partial charge in [0.15, 0.2) is 0 Å². The van der Waals surface area contributed by atoms with E-state index in [0.29, 0.717) is 5.56 Å². The number of nitrogens with zero attached hydrogens (tertiary/aromatic N) is 2. The number of hydrogen-bond donors (Lipinski definition) is 2. The summed E-state index contributed by atoms with van der Waals surface area (Å²) in [6.07, 6.45) is 1.46. The molecule has 0 aromatic heterocycles. The topological polar surface area (TPSA) is 77.3 Å². The number of carbonyl (C=O) groups excluding carboxylic acids is 1. The molecule has 2 N–H and O–H groups in total. The molecule has 0 atom stereocenters. The molecule has 0 saturated carbocycles. The molecule has 5 nitrogen and oxygen atoms in total. The molecule has 0 aliphatic rings. The molecule has 2 aromatic carbocycles. The Morgan fingerprint density at radius 1 is 1.23 bits per heavy atom. The SMILES string of the molecule is N#Cc1ccc(/C=N/NC(=O)CNc2ccccc2F)cc1.